The molecule has 0 radical (unpaired) electrons. The molecule has 1 atom stereocenters. The highest BCUT2D eigenvalue weighted by Crippen LogP contribution is 2.26. The molecule has 0 aliphatic carbocycles. The second kappa shape index (κ2) is 8.14. The van der Waals surface area contributed by atoms with Crippen molar-refractivity contribution in [2.75, 3.05) is 5.32 Å². The molecule has 1 aromatic carbocycles. The van der Waals surface area contributed by atoms with Crippen LogP contribution in [-0.2, 0) is 11.3 Å². The lowest BCUT2D eigenvalue weighted by Gasteiger charge is -2.16. The molecule has 0 fully saturated rings. The van der Waals surface area contributed by atoms with Crippen LogP contribution in [0.2, 0.25) is 0 Å². The van der Waals surface area contributed by atoms with Crippen molar-refractivity contribution in [3.8, 4) is 10.7 Å². The van der Waals surface area contributed by atoms with Gasteiger partial charge in [-0.05, 0) is 43.1 Å². The first-order valence-electron chi connectivity index (χ1n) is 9.13. The monoisotopic (exact) mass is 424 g/mol. The Kier molecular flexibility index (Phi) is 5.41. The molecule has 7 nitrogen and oxygen atoms in total. The first-order chi connectivity index (χ1) is 14.0. The maximum absolute atomic E-state index is 13.0. The Bertz CT molecular complexity index is 1170. The van der Waals surface area contributed by atoms with E-state index < -0.39 is 6.04 Å². The van der Waals surface area contributed by atoms with E-state index in [-0.39, 0.29) is 5.91 Å². The maximum atomic E-state index is 13.0. The van der Waals surface area contributed by atoms with Crippen LogP contribution in [0.1, 0.15) is 24.2 Å². The van der Waals surface area contributed by atoms with E-state index in [2.05, 4.69) is 20.6 Å². The van der Waals surface area contributed by atoms with Gasteiger partial charge >= 0.3 is 0 Å². The topological polar surface area (TPSA) is 80.5 Å². The molecule has 29 heavy (non-hydrogen) atoms. The summed E-state index contributed by atoms with van der Waals surface area (Å²) in [5.74, 6) is 1.12. The molecule has 0 bridgehead atoms. The number of benzene rings is 1. The van der Waals surface area contributed by atoms with E-state index in [0.717, 1.165) is 16.1 Å². The molecule has 1 unspecified atom stereocenters. The highest BCUT2D eigenvalue weighted by molar-refractivity contribution is 7.71. The van der Waals surface area contributed by atoms with Gasteiger partial charge in [0.1, 0.15) is 11.9 Å². The molecule has 3 aromatic heterocycles. The molecular formula is C20H20N6OS2. The first kappa shape index (κ1) is 19.3. The molecule has 4 aromatic rings. The summed E-state index contributed by atoms with van der Waals surface area (Å²) >= 11 is 6.92. The van der Waals surface area contributed by atoms with Crippen LogP contribution < -0.4 is 5.32 Å². The number of aromatic amines is 1. The molecule has 4 rings (SSSR count). The van der Waals surface area contributed by atoms with Crippen LogP contribution in [0.25, 0.3) is 10.7 Å². The van der Waals surface area contributed by atoms with Crippen molar-refractivity contribution in [2.45, 2.75) is 26.4 Å². The number of nitrogens with one attached hydrogen (secondary N) is 2. The molecule has 0 saturated carbocycles. The summed E-state index contributed by atoms with van der Waals surface area (Å²) < 4.78 is 3.94. The largest absolute Gasteiger partial charge is 0.309 e. The summed E-state index contributed by atoms with van der Waals surface area (Å²) in [6.45, 7) is 4.29. The minimum atomic E-state index is -0.543. The van der Waals surface area contributed by atoms with Crippen molar-refractivity contribution in [3.63, 3.8) is 0 Å². The lowest BCUT2D eigenvalue weighted by Crippen LogP contribution is -2.25. The summed E-state index contributed by atoms with van der Waals surface area (Å²) in [4.78, 5) is 14.0. The van der Waals surface area contributed by atoms with E-state index in [0.29, 0.717) is 23.0 Å². The Labute approximate surface area is 177 Å². The fourth-order valence-electron chi connectivity index (χ4n) is 3.11. The van der Waals surface area contributed by atoms with E-state index in [1.54, 1.807) is 20.6 Å². The van der Waals surface area contributed by atoms with E-state index >= 15 is 0 Å². The average molecular weight is 425 g/mol. The molecular weight excluding hydrogens is 404 g/mol. The molecule has 1 amide bonds. The van der Waals surface area contributed by atoms with Gasteiger partial charge in [0.2, 0.25) is 5.91 Å². The third-order valence-electron chi connectivity index (χ3n) is 4.54. The smallest absolute Gasteiger partial charge is 0.248 e. The summed E-state index contributed by atoms with van der Waals surface area (Å²) in [7, 11) is 0. The molecule has 148 valence electrons. The second-order valence-corrected chi connectivity index (χ2v) is 8.01. The zero-order valence-corrected chi connectivity index (χ0v) is 17.6. The number of nitrogens with zero attached hydrogens (tertiary/aromatic N) is 4. The van der Waals surface area contributed by atoms with Crippen LogP contribution in [0.5, 0.6) is 0 Å². The number of hydrogen-bond donors (Lipinski definition) is 2. The Morgan fingerprint density at radius 2 is 2.07 bits per heavy atom. The minimum Gasteiger partial charge on any atom is -0.309 e. The van der Waals surface area contributed by atoms with Gasteiger partial charge in [0.25, 0.3) is 0 Å². The van der Waals surface area contributed by atoms with Crippen molar-refractivity contribution in [3.05, 3.63) is 69.9 Å². The van der Waals surface area contributed by atoms with E-state index in [4.69, 9.17) is 12.2 Å². The van der Waals surface area contributed by atoms with Crippen LogP contribution in [0.4, 0.5) is 5.82 Å². The number of H-pyrrole nitrogens is 1. The third-order valence-corrected chi connectivity index (χ3v) is 5.70. The van der Waals surface area contributed by atoms with Crippen LogP contribution >= 0.6 is 23.6 Å². The fourth-order valence-corrected chi connectivity index (χ4v) is 4.12. The average Bonchev–Trinajstić information content (AvgIpc) is 3.43. The fraction of sp³-hybridized carbons (Fsp3) is 0.200. The first-order valence-corrected chi connectivity index (χ1v) is 10.4. The molecule has 2 N–H and O–H groups in total. The van der Waals surface area contributed by atoms with Crippen LogP contribution in [0.15, 0.2) is 53.9 Å². The number of anilines is 1. The van der Waals surface area contributed by atoms with Gasteiger partial charge in [0.15, 0.2) is 10.6 Å². The number of thiophene rings is 1. The lowest BCUT2D eigenvalue weighted by atomic mass is 10.2. The van der Waals surface area contributed by atoms with Gasteiger partial charge < -0.3 is 5.32 Å². The summed E-state index contributed by atoms with van der Waals surface area (Å²) in [6, 6.07) is 15.2. The predicted molar refractivity (Wildman–Crippen MR) is 117 cm³/mol. The molecule has 0 saturated heterocycles. The van der Waals surface area contributed by atoms with Gasteiger partial charge in [0, 0.05) is 6.07 Å². The summed E-state index contributed by atoms with van der Waals surface area (Å²) in [5, 5.41) is 16.6. The van der Waals surface area contributed by atoms with Crippen molar-refractivity contribution in [1.29, 1.82) is 0 Å². The molecule has 9 heteroatoms. The van der Waals surface area contributed by atoms with Crippen LogP contribution in [0.3, 0.4) is 0 Å². The zero-order chi connectivity index (χ0) is 20.4. The number of aryl methyl sites for hydroxylation is 1. The SMILES string of the molecule is Cc1cc(NC(=O)C(C)n2c(-c3cccs3)n[nH]c2=S)n(Cc2ccccc2)n1. The highest BCUT2D eigenvalue weighted by Gasteiger charge is 2.22. The van der Waals surface area contributed by atoms with Gasteiger partial charge in [-0.3, -0.25) is 14.5 Å². The Hall–Kier alpha value is -3.04. The Morgan fingerprint density at radius 3 is 2.79 bits per heavy atom. The number of rotatable bonds is 6. The van der Waals surface area contributed by atoms with E-state index in [1.165, 1.54) is 0 Å². The third kappa shape index (κ3) is 4.06. The van der Waals surface area contributed by atoms with Crippen molar-refractivity contribution >= 4 is 35.3 Å². The van der Waals surface area contributed by atoms with Crippen molar-refractivity contribution < 1.29 is 4.79 Å². The Morgan fingerprint density at radius 1 is 1.28 bits per heavy atom. The summed E-state index contributed by atoms with van der Waals surface area (Å²) in [5.41, 5.74) is 1.94. The number of hydrogen-bond acceptors (Lipinski definition) is 5. The number of carbonyl (C=O) groups is 1. The molecule has 0 spiro atoms. The molecule has 0 aliphatic heterocycles. The van der Waals surface area contributed by atoms with Gasteiger partial charge in [-0.25, -0.2) is 4.68 Å². The van der Waals surface area contributed by atoms with Gasteiger partial charge in [-0.1, -0.05) is 36.4 Å². The van der Waals surface area contributed by atoms with Gasteiger partial charge in [0.05, 0.1) is 17.1 Å². The molecule has 3 heterocycles. The predicted octanol–water partition coefficient (Wildman–Crippen LogP) is 4.42. The Balaban J connectivity index is 1.58. The zero-order valence-electron chi connectivity index (χ0n) is 16.0. The van der Waals surface area contributed by atoms with Crippen LogP contribution in [-0.4, -0.2) is 30.5 Å². The highest BCUT2D eigenvalue weighted by atomic mass is 32.1. The van der Waals surface area contributed by atoms with E-state index in [9.17, 15) is 4.79 Å². The summed E-state index contributed by atoms with van der Waals surface area (Å²) in [6.07, 6.45) is 0. The van der Waals surface area contributed by atoms with Crippen LogP contribution in [0, 0.1) is 11.7 Å². The number of amides is 1. The van der Waals surface area contributed by atoms with Gasteiger partial charge in [-0.2, -0.15) is 10.2 Å². The van der Waals surface area contributed by atoms with Crippen molar-refractivity contribution in [2.24, 2.45) is 0 Å². The molecule has 0 aliphatic rings. The number of carbonyl (C=O) groups excluding carboxylic acids is 1. The van der Waals surface area contributed by atoms with Gasteiger partial charge in [-0.15, -0.1) is 11.3 Å². The standard InChI is InChI=1S/C20H20N6OS2/c1-13-11-17(25(24-13)12-15-7-4-3-5-8-15)21-19(27)14(2)26-18(22-23-20(26)28)16-9-6-10-29-16/h3-11,14H,12H2,1-2H3,(H,21,27)(H,23,28). The maximum Gasteiger partial charge on any atom is 0.248 e. The lowest BCUT2D eigenvalue weighted by molar-refractivity contribution is -0.118. The quantitative estimate of drug-likeness (QED) is 0.449. The normalized spacial score (nSPS) is 12.1. The number of aromatic nitrogens is 5. The van der Waals surface area contributed by atoms with E-state index in [1.807, 2.05) is 67.8 Å². The second-order valence-electron chi connectivity index (χ2n) is 6.68. The van der Waals surface area contributed by atoms with Crippen molar-refractivity contribution in [1.82, 2.24) is 24.5 Å². The minimum absolute atomic E-state index is 0.186.